The van der Waals surface area contributed by atoms with Crippen molar-refractivity contribution in [2.24, 2.45) is 0 Å². The van der Waals surface area contributed by atoms with Crippen molar-refractivity contribution in [2.45, 2.75) is 20.4 Å². The molecule has 1 fully saturated rings. The van der Waals surface area contributed by atoms with Crippen LogP contribution in [-0.2, 0) is 11.3 Å². The molecule has 1 aliphatic heterocycles. The van der Waals surface area contributed by atoms with Gasteiger partial charge < -0.3 is 14.4 Å². The van der Waals surface area contributed by atoms with Crippen LogP contribution in [0.5, 0.6) is 11.5 Å². The molecule has 0 aliphatic carbocycles. The van der Waals surface area contributed by atoms with E-state index in [-0.39, 0.29) is 5.91 Å². The van der Waals surface area contributed by atoms with Crippen LogP contribution in [0.3, 0.4) is 0 Å². The number of aryl methyl sites for hydroxylation is 1. The lowest BCUT2D eigenvalue weighted by molar-refractivity contribution is -0.127. The summed E-state index contributed by atoms with van der Waals surface area (Å²) in [7, 11) is 1.57. The summed E-state index contributed by atoms with van der Waals surface area (Å²) < 4.78 is 10.9. The molecular formula is C21H26ClN3O3S. The molecule has 29 heavy (non-hydrogen) atoms. The standard InChI is InChI=1S/C21H26ClN3O3S/c1-4-28-21-18(22)11-16(12-19(21)27-3)5-6-20(26)25-9-7-24(8-10-25)13-17-14-29-15(2)23-17/h5-6,11-12,14H,4,7-10,13H2,1-3H3/b6-5+. The number of carbonyl (C=O) groups excluding carboxylic acids is 1. The summed E-state index contributed by atoms with van der Waals surface area (Å²) in [5, 5.41) is 3.65. The molecule has 156 valence electrons. The number of piperazine rings is 1. The van der Waals surface area contributed by atoms with Gasteiger partial charge in [0.2, 0.25) is 5.91 Å². The largest absolute Gasteiger partial charge is 0.493 e. The van der Waals surface area contributed by atoms with Gasteiger partial charge in [-0.15, -0.1) is 11.3 Å². The SMILES string of the molecule is CCOc1c(Cl)cc(/C=C/C(=O)N2CCN(Cc3csc(C)n3)CC2)cc1OC. The van der Waals surface area contributed by atoms with Crippen molar-refractivity contribution in [1.29, 1.82) is 0 Å². The first-order chi connectivity index (χ1) is 14.0. The van der Waals surface area contributed by atoms with Gasteiger partial charge in [-0.2, -0.15) is 0 Å². The van der Waals surface area contributed by atoms with Gasteiger partial charge in [0.1, 0.15) is 0 Å². The van der Waals surface area contributed by atoms with Crippen LogP contribution in [0.4, 0.5) is 0 Å². The van der Waals surface area contributed by atoms with Crippen LogP contribution < -0.4 is 9.47 Å². The number of hydrogen-bond donors (Lipinski definition) is 0. The normalized spacial score (nSPS) is 15.1. The molecule has 0 N–H and O–H groups in total. The minimum atomic E-state index is -0.00173. The molecule has 1 saturated heterocycles. The van der Waals surface area contributed by atoms with E-state index in [0.29, 0.717) is 36.2 Å². The second-order valence-electron chi connectivity index (χ2n) is 6.76. The van der Waals surface area contributed by atoms with E-state index >= 15 is 0 Å². The molecule has 0 unspecified atom stereocenters. The van der Waals surface area contributed by atoms with Gasteiger partial charge in [-0.05, 0) is 37.6 Å². The number of ether oxygens (including phenoxy) is 2. The number of thiazole rings is 1. The molecule has 1 aromatic carbocycles. The fourth-order valence-corrected chi connectivity index (χ4v) is 4.11. The molecular weight excluding hydrogens is 410 g/mol. The third-order valence-corrected chi connectivity index (χ3v) is 5.80. The maximum atomic E-state index is 12.6. The first kappa shape index (κ1) is 21.6. The molecule has 2 aromatic rings. The Kier molecular flexibility index (Phi) is 7.52. The minimum absolute atomic E-state index is 0.00173. The monoisotopic (exact) mass is 435 g/mol. The topological polar surface area (TPSA) is 54.9 Å². The molecule has 0 spiro atoms. The van der Waals surface area contributed by atoms with Crippen molar-refractivity contribution >= 4 is 34.9 Å². The highest BCUT2D eigenvalue weighted by Gasteiger charge is 2.20. The molecule has 3 rings (SSSR count). The Morgan fingerprint density at radius 3 is 2.69 bits per heavy atom. The van der Waals surface area contributed by atoms with Crippen LogP contribution >= 0.6 is 22.9 Å². The van der Waals surface area contributed by atoms with E-state index in [1.165, 1.54) is 0 Å². The fraction of sp³-hybridized carbons (Fsp3) is 0.429. The Balaban J connectivity index is 1.56. The average Bonchev–Trinajstić information content (AvgIpc) is 3.13. The molecule has 1 aromatic heterocycles. The number of nitrogens with zero attached hydrogens (tertiary/aromatic N) is 3. The number of methoxy groups -OCH3 is 1. The zero-order valence-electron chi connectivity index (χ0n) is 17.0. The van der Waals surface area contributed by atoms with Gasteiger partial charge in [0.25, 0.3) is 0 Å². The number of benzene rings is 1. The van der Waals surface area contributed by atoms with Crippen LogP contribution in [0.25, 0.3) is 6.08 Å². The summed E-state index contributed by atoms with van der Waals surface area (Å²) in [4.78, 5) is 21.3. The van der Waals surface area contributed by atoms with Crippen LogP contribution in [0.1, 0.15) is 23.2 Å². The van der Waals surface area contributed by atoms with Gasteiger partial charge in [-0.3, -0.25) is 9.69 Å². The lowest BCUT2D eigenvalue weighted by Gasteiger charge is -2.33. The van der Waals surface area contributed by atoms with E-state index < -0.39 is 0 Å². The maximum absolute atomic E-state index is 12.6. The Morgan fingerprint density at radius 1 is 1.31 bits per heavy atom. The van der Waals surface area contributed by atoms with Crippen molar-refractivity contribution in [3.05, 3.63) is 44.9 Å². The van der Waals surface area contributed by atoms with E-state index in [0.717, 1.165) is 35.9 Å². The van der Waals surface area contributed by atoms with E-state index in [1.807, 2.05) is 24.8 Å². The Bertz CT molecular complexity index is 876. The lowest BCUT2D eigenvalue weighted by Crippen LogP contribution is -2.47. The van der Waals surface area contributed by atoms with Crippen LogP contribution in [-0.4, -0.2) is 60.6 Å². The quantitative estimate of drug-likeness (QED) is 0.618. The first-order valence-corrected chi connectivity index (χ1v) is 10.9. The summed E-state index contributed by atoms with van der Waals surface area (Å²) >= 11 is 7.97. The summed E-state index contributed by atoms with van der Waals surface area (Å²) in [5.74, 6) is 1.07. The molecule has 2 heterocycles. The summed E-state index contributed by atoms with van der Waals surface area (Å²) in [5.41, 5.74) is 1.90. The number of rotatable bonds is 7. The highest BCUT2D eigenvalue weighted by Crippen LogP contribution is 2.36. The van der Waals surface area contributed by atoms with Crippen molar-refractivity contribution in [3.8, 4) is 11.5 Å². The van der Waals surface area contributed by atoms with E-state index in [2.05, 4.69) is 15.3 Å². The maximum Gasteiger partial charge on any atom is 0.246 e. The molecule has 0 saturated carbocycles. The van der Waals surface area contributed by atoms with Crippen molar-refractivity contribution in [1.82, 2.24) is 14.8 Å². The number of aromatic nitrogens is 1. The van der Waals surface area contributed by atoms with Gasteiger partial charge in [0.15, 0.2) is 11.5 Å². The average molecular weight is 436 g/mol. The van der Waals surface area contributed by atoms with Crippen molar-refractivity contribution in [3.63, 3.8) is 0 Å². The third-order valence-electron chi connectivity index (χ3n) is 4.69. The molecule has 0 bridgehead atoms. The zero-order chi connectivity index (χ0) is 20.8. The highest BCUT2D eigenvalue weighted by atomic mass is 35.5. The third kappa shape index (κ3) is 5.72. The van der Waals surface area contributed by atoms with Crippen molar-refractivity contribution in [2.75, 3.05) is 39.9 Å². The van der Waals surface area contributed by atoms with Crippen LogP contribution in [0.2, 0.25) is 5.02 Å². The van der Waals surface area contributed by atoms with E-state index in [4.69, 9.17) is 21.1 Å². The number of carbonyl (C=O) groups is 1. The minimum Gasteiger partial charge on any atom is -0.493 e. The number of halogens is 1. The molecule has 6 nitrogen and oxygen atoms in total. The Morgan fingerprint density at radius 2 is 2.07 bits per heavy atom. The second-order valence-corrected chi connectivity index (χ2v) is 8.23. The molecule has 1 amide bonds. The smallest absolute Gasteiger partial charge is 0.246 e. The van der Waals surface area contributed by atoms with Gasteiger partial charge >= 0.3 is 0 Å². The van der Waals surface area contributed by atoms with Gasteiger partial charge in [0.05, 0.1) is 29.4 Å². The summed E-state index contributed by atoms with van der Waals surface area (Å²) in [6.45, 7) is 8.35. The van der Waals surface area contributed by atoms with Crippen LogP contribution in [0.15, 0.2) is 23.6 Å². The lowest BCUT2D eigenvalue weighted by atomic mass is 10.1. The van der Waals surface area contributed by atoms with Gasteiger partial charge in [-0.1, -0.05) is 11.6 Å². The van der Waals surface area contributed by atoms with Gasteiger partial charge in [-0.25, -0.2) is 4.98 Å². The van der Waals surface area contributed by atoms with E-state index in [9.17, 15) is 4.79 Å². The van der Waals surface area contributed by atoms with Crippen molar-refractivity contribution < 1.29 is 14.3 Å². The molecule has 1 aliphatic rings. The van der Waals surface area contributed by atoms with E-state index in [1.54, 1.807) is 36.7 Å². The number of amides is 1. The predicted molar refractivity (Wildman–Crippen MR) is 117 cm³/mol. The predicted octanol–water partition coefficient (Wildman–Crippen LogP) is 3.87. The zero-order valence-corrected chi connectivity index (χ0v) is 18.6. The molecule has 0 atom stereocenters. The summed E-state index contributed by atoms with van der Waals surface area (Å²) in [6.07, 6.45) is 3.35. The second kappa shape index (κ2) is 10.1. The van der Waals surface area contributed by atoms with Gasteiger partial charge in [0, 0.05) is 44.2 Å². The number of hydrogen-bond acceptors (Lipinski definition) is 6. The van der Waals surface area contributed by atoms with Crippen LogP contribution in [0, 0.1) is 6.92 Å². The Labute approximate surface area is 180 Å². The molecule has 8 heteroatoms. The molecule has 0 radical (unpaired) electrons. The highest BCUT2D eigenvalue weighted by molar-refractivity contribution is 7.09. The summed E-state index contributed by atoms with van der Waals surface area (Å²) in [6, 6.07) is 3.58. The fourth-order valence-electron chi connectivity index (χ4n) is 3.23. The Hall–Kier alpha value is -2.09. The first-order valence-electron chi connectivity index (χ1n) is 9.60.